The summed E-state index contributed by atoms with van der Waals surface area (Å²) in [5, 5.41) is 5.45. The normalized spacial score (nSPS) is 21.6. The molecule has 3 heteroatoms. The van der Waals surface area contributed by atoms with E-state index < -0.39 is 0 Å². The first kappa shape index (κ1) is 12.8. The van der Waals surface area contributed by atoms with E-state index in [1.54, 1.807) is 17.4 Å². The Labute approximate surface area is 117 Å². The van der Waals surface area contributed by atoms with Crippen molar-refractivity contribution in [3.63, 3.8) is 0 Å². The molecule has 3 rings (SSSR count). The Hall–Kier alpha value is -1.19. The first-order chi connectivity index (χ1) is 9.24. The molecule has 1 heterocycles. The smallest absolute Gasteiger partial charge is 0.131 e. The van der Waals surface area contributed by atoms with Gasteiger partial charge in [-0.15, -0.1) is 11.3 Å². The van der Waals surface area contributed by atoms with Crippen LogP contribution in [-0.2, 0) is 6.54 Å². The first-order valence-corrected chi connectivity index (χ1v) is 7.65. The molecule has 1 N–H and O–H groups in total. The highest BCUT2D eigenvalue weighted by Gasteiger charge is 2.31. The summed E-state index contributed by atoms with van der Waals surface area (Å²) in [6, 6.07) is 9.33. The SMILES string of the molecule is CC1CC1CNCc1ccc(F)c(-c2cccs2)c1. The molecule has 2 unspecified atom stereocenters. The van der Waals surface area contributed by atoms with Crippen molar-refractivity contribution in [3.8, 4) is 10.4 Å². The molecular formula is C16H18FNS. The fourth-order valence-corrected chi connectivity index (χ4v) is 3.13. The van der Waals surface area contributed by atoms with Gasteiger partial charge in [-0.3, -0.25) is 0 Å². The molecule has 1 saturated carbocycles. The molecule has 0 aliphatic heterocycles. The Morgan fingerprint density at radius 2 is 2.21 bits per heavy atom. The summed E-state index contributed by atoms with van der Waals surface area (Å²) in [6.07, 6.45) is 1.34. The topological polar surface area (TPSA) is 12.0 Å². The minimum atomic E-state index is -0.137. The fraction of sp³-hybridized carbons (Fsp3) is 0.375. The molecule has 0 radical (unpaired) electrons. The monoisotopic (exact) mass is 275 g/mol. The molecule has 1 aliphatic carbocycles. The molecule has 0 spiro atoms. The largest absolute Gasteiger partial charge is 0.312 e. The predicted octanol–water partition coefficient (Wildman–Crippen LogP) is 4.30. The molecule has 0 bridgehead atoms. The van der Waals surface area contributed by atoms with Gasteiger partial charge in [-0.05, 0) is 53.9 Å². The minimum Gasteiger partial charge on any atom is -0.312 e. The number of hydrogen-bond donors (Lipinski definition) is 1. The van der Waals surface area contributed by atoms with Gasteiger partial charge in [0.05, 0.1) is 0 Å². The third-order valence-corrected chi connectivity index (χ3v) is 4.73. The lowest BCUT2D eigenvalue weighted by molar-refractivity contribution is 0.608. The fourth-order valence-electron chi connectivity index (χ4n) is 2.39. The predicted molar refractivity (Wildman–Crippen MR) is 78.7 cm³/mol. The highest BCUT2D eigenvalue weighted by molar-refractivity contribution is 7.13. The lowest BCUT2D eigenvalue weighted by Gasteiger charge is -2.07. The van der Waals surface area contributed by atoms with Crippen LogP contribution in [0.4, 0.5) is 4.39 Å². The standard InChI is InChI=1S/C16H18FNS/c1-11-7-13(11)10-18-9-12-4-5-15(17)14(8-12)16-3-2-6-19-16/h2-6,8,11,13,18H,7,9-10H2,1H3. The highest BCUT2D eigenvalue weighted by Crippen LogP contribution is 2.36. The van der Waals surface area contributed by atoms with E-state index in [9.17, 15) is 4.39 Å². The maximum absolute atomic E-state index is 13.8. The van der Waals surface area contributed by atoms with Crippen molar-refractivity contribution in [2.75, 3.05) is 6.54 Å². The molecule has 1 fully saturated rings. The summed E-state index contributed by atoms with van der Waals surface area (Å²) in [5.41, 5.74) is 1.87. The van der Waals surface area contributed by atoms with Crippen molar-refractivity contribution in [1.29, 1.82) is 0 Å². The second-order valence-electron chi connectivity index (χ2n) is 5.40. The van der Waals surface area contributed by atoms with Crippen LogP contribution in [0.5, 0.6) is 0 Å². The van der Waals surface area contributed by atoms with Crippen molar-refractivity contribution < 1.29 is 4.39 Å². The van der Waals surface area contributed by atoms with Crippen molar-refractivity contribution in [2.45, 2.75) is 19.9 Å². The van der Waals surface area contributed by atoms with Gasteiger partial charge in [0.2, 0.25) is 0 Å². The lowest BCUT2D eigenvalue weighted by atomic mass is 10.1. The van der Waals surface area contributed by atoms with Gasteiger partial charge >= 0.3 is 0 Å². The Balaban J connectivity index is 1.67. The zero-order chi connectivity index (χ0) is 13.2. The summed E-state index contributed by atoms with van der Waals surface area (Å²) in [4.78, 5) is 0.996. The van der Waals surface area contributed by atoms with Crippen LogP contribution in [0.15, 0.2) is 35.7 Å². The molecule has 19 heavy (non-hydrogen) atoms. The van der Waals surface area contributed by atoms with Crippen molar-refractivity contribution in [3.05, 3.63) is 47.1 Å². The van der Waals surface area contributed by atoms with Gasteiger partial charge in [-0.25, -0.2) is 4.39 Å². The quantitative estimate of drug-likeness (QED) is 0.858. The van der Waals surface area contributed by atoms with Crippen LogP contribution < -0.4 is 5.32 Å². The first-order valence-electron chi connectivity index (χ1n) is 6.77. The van der Waals surface area contributed by atoms with E-state index in [2.05, 4.69) is 12.2 Å². The maximum Gasteiger partial charge on any atom is 0.131 e. The van der Waals surface area contributed by atoms with E-state index in [0.29, 0.717) is 5.56 Å². The molecule has 1 aromatic carbocycles. The van der Waals surface area contributed by atoms with Crippen LogP contribution in [0.2, 0.25) is 0 Å². The molecule has 100 valence electrons. The van der Waals surface area contributed by atoms with Crippen molar-refractivity contribution >= 4 is 11.3 Å². The van der Waals surface area contributed by atoms with Crippen LogP contribution in [0, 0.1) is 17.7 Å². The zero-order valence-corrected chi connectivity index (χ0v) is 11.8. The Morgan fingerprint density at radius 3 is 2.89 bits per heavy atom. The summed E-state index contributed by atoms with van der Waals surface area (Å²) in [7, 11) is 0. The van der Waals surface area contributed by atoms with E-state index in [1.165, 1.54) is 6.42 Å². The van der Waals surface area contributed by atoms with Crippen LogP contribution in [0.1, 0.15) is 18.9 Å². The number of thiophene rings is 1. The van der Waals surface area contributed by atoms with E-state index in [-0.39, 0.29) is 5.82 Å². The average molecular weight is 275 g/mol. The van der Waals surface area contributed by atoms with Crippen LogP contribution in [0.25, 0.3) is 10.4 Å². The van der Waals surface area contributed by atoms with Crippen LogP contribution in [0.3, 0.4) is 0 Å². The summed E-state index contributed by atoms with van der Waals surface area (Å²) >= 11 is 1.58. The second-order valence-corrected chi connectivity index (χ2v) is 6.34. The molecular weight excluding hydrogens is 257 g/mol. The van der Waals surface area contributed by atoms with Crippen molar-refractivity contribution in [2.24, 2.45) is 11.8 Å². The molecule has 1 aliphatic rings. The summed E-state index contributed by atoms with van der Waals surface area (Å²) in [5.74, 6) is 1.58. The van der Waals surface area contributed by atoms with Crippen LogP contribution in [-0.4, -0.2) is 6.54 Å². The summed E-state index contributed by atoms with van der Waals surface area (Å²) < 4.78 is 13.8. The third-order valence-electron chi connectivity index (χ3n) is 3.83. The average Bonchev–Trinajstić information content (AvgIpc) is 2.91. The van der Waals surface area contributed by atoms with Crippen molar-refractivity contribution in [1.82, 2.24) is 5.32 Å². The van der Waals surface area contributed by atoms with Gasteiger partial charge in [0.1, 0.15) is 5.82 Å². The molecule has 1 aromatic heterocycles. The minimum absolute atomic E-state index is 0.137. The third kappa shape index (κ3) is 3.04. The van der Waals surface area contributed by atoms with Gasteiger partial charge < -0.3 is 5.32 Å². The second kappa shape index (κ2) is 5.43. The molecule has 1 nitrogen and oxygen atoms in total. The molecule has 0 amide bonds. The van der Waals surface area contributed by atoms with E-state index in [4.69, 9.17) is 0 Å². The maximum atomic E-state index is 13.8. The van der Waals surface area contributed by atoms with Gasteiger partial charge in [0, 0.05) is 17.0 Å². The highest BCUT2D eigenvalue weighted by atomic mass is 32.1. The molecule has 2 atom stereocenters. The van der Waals surface area contributed by atoms with Gasteiger partial charge in [0.15, 0.2) is 0 Å². The Kier molecular flexibility index (Phi) is 3.67. The number of benzene rings is 1. The number of halogens is 1. The van der Waals surface area contributed by atoms with E-state index >= 15 is 0 Å². The molecule has 0 saturated heterocycles. The molecule has 2 aromatic rings. The van der Waals surface area contributed by atoms with Gasteiger partial charge in [-0.2, -0.15) is 0 Å². The number of nitrogens with one attached hydrogen (secondary N) is 1. The van der Waals surface area contributed by atoms with Gasteiger partial charge in [-0.1, -0.05) is 19.1 Å². The number of rotatable bonds is 5. The zero-order valence-electron chi connectivity index (χ0n) is 11.0. The Morgan fingerprint density at radius 1 is 1.37 bits per heavy atom. The summed E-state index contributed by atoms with van der Waals surface area (Å²) in [6.45, 7) is 4.19. The lowest BCUT2D eigenvalue weighted by Crippen LogP contribution is -2.16. The number of hydrogen-bond acceptors (Lipinski definition) is 2. The van der Waals surface area contributed by atoms with Crippen LogP contribution >= 0.6 is 11.3 Å². The Bertz CT molecular complexity index is 550. The van der Waals surface area contributed by atoms with E-state index in [1.807, 2.05) is 29.6 Å². The van der Waals surface area contributed by atoms with Gasteiger partial charge in [0.25, 0.3) is 0 Å². The van der Waals surface area contributed by atoms with E-state index in [0.717, 1.165) is 35.4 Å².